The minimum absolute atomic E-state index is 0.976. The van der Waals surface area contributed by atoms with Crippen molar-refractivity contribution in [3.05, 3.63) is 12.7 Å². The zero-order valence-corrected chi connectivity index (χ0v) is 6.32. The SMILES string of the molecule is [C]=CCCCCCCC. The predicted molar refractivity (Wildman–Crippen MR) is 41.2 cm³/mol. The van der Waals surface area contributed by atoms with Crippen molar-refractivity contribution in [2.24, 2.45) is 0 Å². The van der Waals surface area contributed by atoms with E-state index in [0.717, 1.165) is 6.42 Å². The van der Waals surface area contributed by atoms with Gasteiger partial charge in [-0.15, -0.1) is 0 Å². The lowest BCUT2D eigenvalue weighted by Crippen LogP contribution is -1.74. The maximum absolute atomic E-state index is 6.76. The summed E-state index contributed by atoms with van der Waals surface area (Å²) in [5.74, 6) is 0. The van der Waals surface area contributed by atoms with Crippen LogP contribution in [0.4, 0.5) is 0 Å². The molecule has 0 saturated heterocycles. The Hall–Kier alpha value is -0.260. The fraction of sp³-hybridized carbons (Fsp3) is 0.778. The van der Waals surface area contributed by atoms with E-state index in [4.69, 9.17) is 6.58 Å². The van der Waals surface area contributed by atoms with Gasteiger partial charge in [0.15, 0.2) is 0 Å². The number of unbranched alkanes of at least 4 members (excludes halogenated alkanes) is 5. The Morgan fingerprint density at radius 3 is 2.33 bits per heavy atom. The zero-order valence-electron chi connectivity index (χ0n) is 6.32. The normalized spacial score (nSPS) is 9.44. The zero-order chi connectivity index (χ0) is 6.95. The molecule has 0 aromatic rings. The number of rotatable bonds is 6. The molecule has 0 heteroatoms. The summed E-state index contributed by atoms with van der Waals surface area (Å²) in [5.41, 5.74) is 0. The fourth-order valence-electron chi connectivity index (χ4n) is 0.850. The van der Waals surface area contributed by atoms with Crippen LogP contribution in [-0.4, -0.2) is 0 Å². The molecule has 0 atom stereocenters. The molecule has 0 aromatic heterocycles. The van der Waals surface area contributed by atoms with Crippen LogP contribution in [0.25, 0.3) is 0 Å². The molecule has 0 aliphatic rings. The van der Waals surface area contributed by atoms with E-state index in [1.165, 1.54) is 38.2 Å². The van der Waals surface area contributed by atoms with Crippen molar-refractivity contribution in [1.82, 2.24) is 0 Å². The monoisotopic (exact) mass is 124 g/mol. The molecule has 0 saturated carbocycles. The molecule has 52 valence electrons. The van der Waals surface area contributed by atoms with Crippen molar-refractivity contribution in [3.8, 4) is 0 Å². The predicted octanol–water partition coefficient (Wildman–Crippen LogP) is 3.21. The molecule has 0 rings (SSSR count). The van der Waals surface area contributed by atoms with E-state index < -0.39 is 0 Å². The van der Waals surface area contributed by atoms with Gasteiger partial charge in [0.2, 0.25) is 0 Å². The molecule has 0 spiro atoms. The molecule has 0 heterocycles. The standard InChI is InChI=1S/C9H16/c1-3-5-7-9-8-6-4-2/h4H,3,5-9H2,1H3. The first-order valence-corrected chi connectivity index (χ1v) is 3.90. The highest BCUT2D eigenvalue weighted by molar-refractivity contribution is 4.61. The Morgan fingerprint density at radius 2 is 1.78 bits per heavy atom. The van der Waals surface area contributed by atoms with Crippen molar-refractivity contribution < 1.29 is 0 Å². The van der Waals surface area contributed by atoms with Gasteiger partial charge >= 0.3 is 0 Å². The maximum Gasteiger partial charge on any atom is -0.0146 e. The minimum Gasteiger partial charge on any atom is -0.0760 e. The van der Waals surface area contributed by atoms with Gasteiger partial charge in [-0.2, -0.15) is 0 Å². The van der Waals surface area contributed by atoms with E-state index in [-0.39, 0.29) is 0 Å². The second-order valence-corrected chi connectivity index (χ2v) is 2.41. The van der Waals surface area contributed by atoms with Gasteiger partial charge in [0, 0.05) is 0 Å². The van der Waals surface area contributed by atoms with Crippen molar-refractivity contribution in [3.63, 3.8) is 0 Å². The van der Waals surface area contributed by atoms with Crippen LogP contribution in [0.1, 0.15) is 45.4 Å². The summed E-state index contributed by atoms with van der Waals surface area (Å²) >= 11 is 0. The molecule has 0 aliphatic heterocycles. The number of hydrogen-bond acceptors (Lipinski definition) is 0. The highest BCUT2D eigenvalue weighted by Crippen LogP contribution is 2.04. The lowest BCUT2D eigenvalue weighted by molar-refractivity contribution is 0.637. The molecule has 0 N–H and O–H groups in total. The highest BCUT2D eigenvalue weighted by Gasteiger charge is 1.84. The van der Waals surface area contributed by atoms with E-state index in [0.29, 0.717) is 0 Å². The van der Waals surface area contributed by atoms with Crippen LogP contribution in [0.2, 0.25) is 0 Å². The third-order valence-electron chi connectivity index (χ3n) is 1.45. The molecule has 2 radical (unpaired) electrons. The first-order valence-electron chi connectivity index (χ1n) is 3.90. The average Bonchev–Trinajstić information content (AvgIpc) is 1.89. The molecule has 0 aliphatic carbocycles. The average molecular weight is 124 g/mol. The van der Waals surface area contributed by atoms with E-state index in [2.05, 4.69) is 6.92 Å². The summed E-state index contributed by atoms with van der Waals surface area (Å²) in [4.78, 5) is 0. The summed E-state index contributed by atoms with van der Waals surface area (Å²) in [5, 5.41) is 0. The summed E-state index contributed by atoms with van der Waals surface area (Å²) in [6, 6.07) is 0. The lowest BCUT2D eigenvalue weighted by Gasteiger charge is -1.94. The Bertz CT molecular complexity index is 55.1. The molecule has 0 amide bonds. The minimum atomic E-state index is 0.976. The molecule has 0 bridgehead atoms. The van der Waals surface area contributed by atoms with Gasteiger partial charge < -0.3 is 0 Å². The molecular formula is C9H16. The number of hydrogen-bond donors (Lipinski definition) is 0. The van der Waals surface area contributed by atoms with Gasteiger partial charge in [-0.3, -0.25) is 0 Å². The van der Waals surface area contributed by atoms with Crippen LogP contribution in [0.5, 0.6) is 0 Å². The summed E-state index contributed by atoms with van der Waals surface area (Å²) in [6.07, 6.45) is 9.02. The van der Waals surface area contributed by atoms with Crippen molar-refractivity contribution >= 4 is 0 Å². The van der Waals surface area contributed by atoms with Gasteiger partial charge in [-0.05, 0) is 19.4 Å². The fourth-order valence-corrected chi connectivity index (χ4v) is 0.850. The Morgan fingerprint density at radius 1 is 1.11 bits per heavy atom. The Labute approximate surface area is 59.0 Å². The molecule has 0 fully saturated rings. The third kappa shape index (κ3) is 7.74. The quantitative estimate of drug-likeness (QED) is 0.477. The maximum atomic E-state index is 6.76. The summed E-state index contributed by atoms with van der Waals surface area (Å²) in [6.45, 7) is 8.98. The lowest BCUT2D eigenvalue weighted by atomic mass is 10.1. The Balaban J connectivity index is 2.66. The van der Waals surface area contributed by atoms with Gasteiger partial charge in [0.1, 0.15) is 0 Å². The highest BCUT2D eigenvalue weighted by atomic mass is 13.9. The first kappa shape index (κ1) is 8.74. The van der Waals surface area contributed by atoms with Gasteiger partial charge in [-0.1, -0.05) is 38.7 Å². The van der Waals surface area contributed by atoms with Crippen LogP contribution in [0.3, 0.4) is 0 Å². The smallest absolute Gasteiger partial charge is 0.0146 e. The van der Waals surface area contributed by atoms with E-state index in [1.54, 1.807) is 0 Å². The topological polar surface area (TPSA) is 0 Å². The molecule has 0 nitrogen and oxygen atoms in total. The van der Waals surface area contributed by atoms with Crippen molar-refractivity contribution in [1.29, 1.82) is 0 Å². The van der Waals surface area contributed by atoms with Crippen LogP contribution in [-0.2, 0) is 0 Å². The molecule has 9 heavy (non-hydrogen) atoms. The molecule has 0 aromatic carbocycles. The van der Waals surface area contributed by atoms with Crippen LogP contribution < -0.4 is 0 Å². The van der Waals surface area contributed by atoms with Crippen LogP contribution >= 0.6 is 0 Å². The van der Waals surface area contributed by atoms with Crippen molar-refractivity contribution in [2.75, 3.05) is 0 Å². The summed E-state index contributed by atoms with van der Waals surface area (Å²) < 4.78 is 0. The summed E-state index contributed by atoms with van der Waals surface area (Å²) in [7, 11) is 0. The van der Waals surface area contributed by atoms with Crippen LogP contribution in [0, 0.1) is 6.58 Å². The van der Waals surface area contributed by atoms with Crippen LogP contribution in [0.15, 0.2) is 6.08 Å². The first-order chi connectivity index (χ1) is 4.41. The van der Waals surface area contributed by atoms with E-state index >= 15 is 0 Å². The van der Waals surface area contributed by atoms with Crippen molar-refractivity contribution in [2.45, 2.75) is 45.4 Å². The second kappa shape index (κ2) is 7.74. The number of allylic oxidation sites excluding steroid dienone is 1. The van der Waals surface area contributed by atoms with Gasteiger partial charge in [0.25, 0.3) is 0 Å². The van der Waals surface area contributed by atoms with E-state index in [9.17, 15) is 0 Å². The molecule has 0 unspecified atom stereocenters. The molecular weight excluding hydrogens is 108 g/mol. The largest absolute Gasteiger partial charge is 0.0760 e. The second-order valence-electron chi connectivity index (χ2n) is 2.41. The van der Waals surface area contributed by atoms with Gasteiger partial charge in [-0.25, -0.2) is 0 Å². The third-order valence-corrected chi connectivity index (χ3v) is 1.45. The Kier molecular flexibility index (Phi) is 7.52. The van der Waals surface area contributed by atoms with Gasteiger partial charge in [0.05, 0.1) is 0 Å². The van der Waals surface area contributed by atoms with E-state index in [1.807, 2.05) is 0 Å².